The third-order valence-corrected chi connectivity index (χ3v) is 3.93. The van der Waals surface area contributed by atoms with E-state index in [1.807, 2.05) is 25.1 Å². The molecule has 1 amide bonds. The smallest absolute Gasteiger partial charge is 0.227 e. The van der Waals surface area contributed by atoms with Gasteiger partial charge in [-0.2, -0.15) is 0 Å². The number of allylic oxidation sites excluding steroid dienone is 2. The zero-order valence-corrected chi connectivity index (χ0v) is 11.5. The zero-order valence-electron chi connectivity index (χ0n) is 9.87. The van der Waals surface area contributed by atoms with Gasteiger partial charge < -0.3 is 5.32 Å². The first kappa shape index (κ1) is 12.4. The molecular weight excluding hydrogens is 278 g/mol. The lowest BCUT2D eigenvalue weighted by atomic mass is 9.93. The number of rotatable bonds is 2. The molecule has 1 unspecified atom stereocenters. The molecule has 1 aromatic rings. The van der Waals surface area contributed by atoms with E-state index in [4.69, 9.17) is 0 Å². The van der Waals surface area contributed by atoms with Crippen LogP contribution in [0.3, 0.4) is 0 Å². The van der Waals surface area contributed by atoms with Crippen molar-refractivity contribution in [3.63, 3.8) is 0 Å². The van der Waals surface area contributed by atoms with Gasteiger partial charge in [0.2, 0.25) is 5.91 Å². The summed E-state index contributed by atoms with van der Waals surface area (Å²) in [6.07, 6.45) is 7.06. The molecule has 0 heterocycles. The van der Waals surface area contributed by atoms with E-state index in [9.17, 15) is 4.79 Å². The van der Waals surface area contributed by atoms with Gasteiger partial charge in [-0.25, -0.2) is 0 Å². The van der Waals surface area contributed by atoms with E-state index in [1.54, 1.807) is 0 Å². The van der Waals surface area contributed by atoms with Crippen molar-refractivity contribution in [3.05, 3.63) is 40.4 Å². The first-order valence-electron chi connectivity index (χ1n) is 5.89. The van der Waals surface area contributed by atoms with Gasteiger partial charge in [0.05, 0.1) is 0 Å². The number of carbonyl (C=O) groups is 1. The highest BCUT2D eigenvalue weighted by molar-refractivity contribution is 9.10. The fourth-order valence-electron chi connectivity index (χ4n) is 1.95. The van der Waals surface area contributed by atoms with Crippen LogP contribution in [0.1, 0.15) is 24.8 Å². The molecule has 1 N–H and O–H groups in total. The van der Waals surface area contributed by atoms with Gasteiger partial charge in [-0.1, -0.05) is 34.1 Å². The minimum Gasteiger partial charge on any atom is -0.326 e. The molecule has 0 aliphatic heterocycles. The number of hydrogen-bond donors (Lipinski definition) is 1. The third kappa shape index (κ3) is 3.19. The standard InChI is InChI=1S/C14H16BrNO/c1-10-7-8-12(9-13(10)15)16-14(17)11-5-3-2-4-6-11/h2-3,7-9,11H,4-6H2,1H3,(H,16,17). The number of amides is 1. The van der Waals surface area contributed by atoms with Crippen molar-refractivity contribution in [3.8, 4) is 0 Å². The summed E-state index contributed by atoms with van der Waals surface area (Å²) in [5.41, 5.74) is 2.03. The predicted molar refractivity (Wildman–Crippen MR) is 74.0 cm³/mol. The van der Waals surface area contributed by atoms with Gasteiger partial charge in [-0.15, -0.1) is 0 Å². The molecule has 0 radical (unpaired) electrons. The lowest BCUT2D eigenvalue weighted by Gasteiger charge is -2.17. The normalized spacial score (nSPS) is 19.1. The van der Waals surface area contributed by atoms with Gasteiger partial charge in [-0.3, -0.25) is 4.79 Å². The van der Waals surface area contributed by atoms with E-state index in [0.29, 0.717) is 0 Å². The Kier molecular flexibility index (Phi) is 4.00. The van der Waals surface area contributed by atoms with Crippen molar-refractivity contribution in [1.29, 1.82) is 0 Å². The molecule has 2 nitrogen and oxygen atoms in total. The van der Waals surface area contributed by atoms with E-state index in [2.05, 4.69) is 33.4 Å². The Balaban J connectivity index is 2.02. The van der Waals surface area contributed by atoms with Crippen LogP contribution in [-0.4, -0.2) is 5.91 Å². The maximum atomic E-state index is 12.0. The largest absolute Gasteiger partial charge is 0.326 e. The lowest BCUT2D eigenvalue weighted by Crippen LogP contribution is -2.23. The van der Waals surface area contributed by atoms with Crippen molar-refractivity contribution < 1.29 is 4.79 Å². The molecule has 1 aliphatic carbocycles. The van der Waals surface area contributed by atoms with Crippen LogP contribution < -0.4 is 5.32 Å². The molecule has 0 fully saturated rings. The Labute approximate surface area is 110 Å². The lowest BCUT2D eigenvalue weighted by molar-refractivity contribution is -0.120. The summed E-state index contributed by atoms with van der Waals surface area (Å²) >= 11 is 3.47. The van der Waals surface area contributed by atoms with E-state index < -0.39 is 0 Å². The number of nitrogens with one attached hydrogen (secondary N) is 1. The Morgan fingerprint density at radius 2 is 2.24 bits per heavy atom. The Hall–Kier alpha value is -1.09. The highest BCUT2D eigenvalue weighted by Crippen LogP contribution is 2.23. The molecular formula is C14H16BrNO. The van der Waals surface area contributed by atoms with Gasteiger partial charge in [0.1, 0.15) is 0 Å². The van der Waals surface area contributed by atoms with Crippen LogP contribution in [0.4, 0.5) is 5.69 Å². The Morgan fingerprint density at radius 1 is 1.41 bits per heavy atom. The van der Waals surface area contributed by atoms with Crippen LogP contribution in [0.15, 0.2) is 34.8 Å². The minimum atomic E-state index is 0.125. The van der Waals surface area contributed by atoms with Crippen LogP contribution in [0, 0.1) is 12.8 Å². The van der Waals surface area contributed by atoms with Gasteiger partial charge in [0, 0.05) is 16.1 Å². The van der Waals surface area contributed by atoms with Crippen molar-refractivity contribution in [2.45, 2.75) is 26.2 Å². The molecule has 17 heavy (non-hydrogen) atoms. The zero-order chi connectivity index (χ0) is 12.3. The van der Waals surface area contributed by atoms with Crippen molar-refractivity contribution in [1.82, 2.24) is 0 Å². The second-order valence-corrected chi connectivity index (χ2v) is 5.29. The van der Waals surface area contributed by atoms with Crippen LogP contribution in [0.5, 0.6) is 0 Å². The second-order valence-electron chi connectivity index (χ2n) is 4.43. The number of hydrogen-bond acceptors (Lipinski definition) is 1. The molecule has 0 aromatic heterocycles. The summed E-state index contributed by atoms with van der Waals surface area (Å²) < 4.78 is 1.03. The van der Waals surface area contributed by atoms with Gasteiger partial charge in [-0.05, 0) is 43.9 Å². The number of benzene rings is 1. The minimum absolute atomic E-state index is 0.125. The van der Waals surface area contributed by atoms with Crippen LogP contribution in [0.25, 0.3) is 0 Å². The van der Waals surface area contributed by atoms with Crippen molar-refractivity contribution in [2.75, 3.05) is 5.32 Å². The number of anilines is 1. The monoisotopic (exact) mass is 293 g/mol. The van der Waals surface area contributed by atoms with Crippen molar-refractivity contribution >= 4 is 27.5 Å². The Morgan fingerprint density at radius 3 is 2.88 bits per heavy atom. The average molecular weight is 294 g/mol. The summed E-state index contributed by atoms with van der Waals surface area (Å²) in [5.74, 6) is 0.255. The SMILES string of the molecule is Cc1ccc(NC(=O)C2CC=CCC2)cc1Br. The first-order chi connectivity index (χ1) is 8.16. The molecule has 90 valence electrons. The summed E-state index contributed by atoms with van der Waals surface area (Å²) in [6, 6.07) is 5.89. The summed E-state index contributed by atoms with van der Waals surface area (Å²) in [6.45, 7) is 2.03. The van der Waals surface area contributed by atoms with E-state index in [0.717, 1.165) is 29.4 Å². The maximum Gasteiger partial charge on any atom is 0.227 e. The van der Waals surface area contributed by atoms with Crippen molar-refractivity contribution in [2.24, 2.45) is 5.92 Å². The fraction of sp³-hybridized carbons (Fsp3) is 0.357. The van der Waals surface area contributed by atoms with E-state index in [-0.39, 0.29) is 11.8 Å². The molecule has 1 atom stereocenters. The number of carbonyl (C=O) groups excluding carboxylic acids is 1. The number of halogens is 1. The molecule has 2 rings (SSSR count). The van der Waals surface area contributed by atoms with Gasteiger partial charge in [0.25, 0.3) is 0 Å². The van der Waals surface area contributed by atoms with Gasteiger partial charge in [0.15, 0.2) is 0 Å². The molecule has 1 aliphatic rings. The van der Waals surface area contributed by atoms with Crippen LogP contribution in [0.2, 0.25) is 0 Å². The molecule has 1 aromatic carbocycles. The predicted octanol–water partition coefficient (Wildman–Crippen LogP) is 4.05. The topological polar surface area (TPSA) is 29.1 Å². The summed E-state index contributed by atoms with van der Waals surface area (Å²) in [4.78, 5) is 12.0. The van der Waals surface area contributed by atoms with Gasteiger partial charge >= 0.3 is 0 Å². The molecule has 0 saturated carbocycles. The summed E-state index contributed by atoms with van der Waals surface area (Å²) in [7, 11) is 0. The van der Waals surface area contributed by atoms with Crippen LogP contribution in [-0.2, 0) is 4.79 Å². The molecule has 3 heteroatoms. The quantitative estimate of drug-likeness (QED) is 0.819. The molecule has 0 saturated heterocycles. The van der Waals surface area contributed by atoms with Crippen LogP contribution >= 0.6 is 15.9 Å². The van der Waals surface area contributed by atoms with E-state index >= 15 is 0 Å². The third-order valence-electron chi connectivity index (χ3n) is 3.08. The van der Waals surface area contributed by atoms with E-state index in [1.165, 1.54) is 5.56 Å². The first-order valence-corrected chi connectivity index (χ1v) is 6.68. The highest BCUT2D eigenvalue weighted by atomic mass is 79.9. The molecule has 0 bridgehead atoms. The highest BCUT2D eigenvalue weighted by Gasteiger charge is 2.18. The second kappa shape index (κ2) is 5.50. The molecule has 0 spiro atoms. The maximum absolute atomic E-state index is 12.0. The fourth-order valence-corrected chi connectivity index (χ4v) is 2.33. The summed E-state index contributed by atoms with van der Waals surface area (Å²) in [5, 5.41) is 2.98. The average Bonchev–Trinajstić information content (AvgIpc) is 2.35. The number of aryl methyl sites for hydroxylation is 1. The Bertz CT molecular complexity index is 454.